The van der Waals surface area contributed by atoms with E-state index in [1.165, 1.54) is 6.08 Å². The molecule has 1 N–H and O–H groups in total. The van der Waals surface area contributed by atoms with Gasteiger partial charge in [0.05, 0.1) is 7.11 Å². The summed E-state index contributed by atoms with van der Waals surface area (Å²) in [6, 6.07) is 16.9. The zero-order valence-corrected chi connectivity index (χ0v) is 16.9. The van der Waals surface area contributed by atoms with Crippen LogP contribution >= 0.6 is 0 Å². The van der Waals surface area contributed by atoms with Gasteiger partial charge in [0.15, 0.2) is 0 Å². The third-order valence-corrected chi connectivity index (χ3v) is 4.98. The molecule has 2 amide bonds. The van der Waals surface area contributed by atoms with Crippen molar-refractivity contribution in [1.29, 1.82) is 0 Å². The van der Waals surface area contributed by atoms with Crippen molar-refractivity contribution in [2.24, 2.45) is 0 Å². The lowest BCUT2D eigenvalue weighted by molar-refractivity contribution is -0.135. The third-order valence-electron chi connectivity index (χ3n) is 4.98. The summed E-state index contributed by atoms with van der Waals surface area (Å²) in [7, 11) is 1.65. The number of methoxy groups -OCH3 is 1. The lowest BCUT2D eigenvalue weighted by Gasteiger charge is -2.37. The lowest BCUT2D eigenvalue weighted by atomic mass is 10.2. The summed E-state index contributed by atoms with van der Waals surface area (Å²) in [6.07, 6.45) is 3.20. The molecule has 1 saturated heterocycles. The van der Waals surface area contributed by atoms with Crippen molar-refractivity contribution in [2.75, 3.05) is 38.2 Å². The Hall–Kier alpha value is -3.28. The molecule has 6 nitrogen and oxygen atoms in total. The van der Waals surface area contributed by atoms with Crippen LogP contribution in [0.15, 0.2) is 60.7 Å². The minimum atomic E-state index is -0.560. The Morgan fingerprint density at radius 1 is 1.00 bits per heavy atom. The zero-order valence-electron chi connectivity index (χ0n) is 16.9. The highest BCUT2D eigenvalue weighted by Gasteiger charge is 2.25. The number of nitrogens with zero attached hydrogens (tertiary/aromatic N) is 2. The molecule has 1 unspecified atom stereocenters. The van der Waals surface area contributed by atoms with Crippen LogP contribution in [0.5, 0.6) is 5.75 Å². The number of carbonyl (C=O) groups excluding carboxylic acids is 2. The highest BCUT2D eigenvalue weighted by Crippen LogP contribution is 2.20. The van der Waals surface area contributed by atoms with Gasteiger partial charge < -0.3 is 19.9 Å². The number of piperazine rings is 1. The molecular formula is C23H27N3O3. The fraction of sp³-hybridized carbons (Fsp3) is 0.304. The first-order valence-corrected chi connectivity index (χ1v) is 9.78. The first kappa shape index (κ1) is 20.5. The van der Waals surface area contributed by atoms with Crippen LogP contribution in [0.4, 0.5) is 5.69 Å². The van der Waals surface area contributed by atoms with Gasteiger partial charge in [0.1, 0.15) is 11.8 Å². The summed E-state index contributed by atoms with van der Waals surface area (Å²) in [4.78, 5) is 28.9. The number of carbonyl (C=O) groups is 2. The van der Waals surface area contributed by atoms with E-state index in [9.17, 15) is 9.59 Å². The Bertz CT molecular complexity index is 841. The van der Waals surface area contributed by atoms with Gasteiger partial charge in [-0.1, -0.05) is 30.3 Å². The van der Waals surface area contributed by atoms with Gasteiger partial charge in [0.2, 0.25) is 11.8 Å². The number of hydrogen-bond acceptors (Lipinski definition) is 4. The van der Waals surface area contributed by atoms with Crippen molar-refractivity contribution in [3.8, 4) is 5.75 Å². The second-order valence-corrected chi connectivity index (χ2v) is 6.98. The van der Waals surface area contributed by atoms with Crippen molar-refractivity contribution in [2.45, 2.75) is 13.0 Å². The number of nitrogens with one attached hydrogen (secondary N) is 1. The van der Waals surface area contributed by atoms with Crippen LogP contribution in [0.1, 0.15) is 12.5 Å². The van der Waals surface area contributed by atoms with E-state index in [-0.39, 0.29) is 11.8 Å². The topological polar surface area (TPSA) is 61.9 Å². The summed E-state index contributed by atoms with van der Waals surface area (Å²) >= 11 is 0. The molecule has 29 heavy (non-hydrogen) atoms. The maximum Gasteiger partial charge on any atom is 0.244 e. The summed E-state index contributed by atoms with van der Waals surface area (Å²) in [5.74, 6) is 0.501. The van der Waals surface area contributed by atoms with Crippen LogP contribution in [0.2, 0.25) is 0 Å². The van der Waals surface area contributed by atoms with Crippen LogP contribution in [0.3, 0.4) is 0 Å². The summed E-state index contributed by atoms with van der Waals surface area (Å²) in [6.45, 7) is 4.50. The van der Waals surface area contributed by atoms with Gasteiger partial charge in [-0.15, -0.1) is 0 Å². The van der Waals surface area contributed by atoms with E-state index in [0.717, 1.165) is 30.1 Å². The summed E-state index contributed by atoms with van der Waals surface area (Å²) in [5.41, 5.74) is 2.06. The number of rotatable bonds is 6. The average molecular weight is 393 g/mol. The molecule has 0 saturated carbocycles. The molecule has 0 aliphatic carbocycles. The van der Waals surface area contributed by atoms with Gasteiger partial charge in [-0.2, -0.15) is 0 Å². The van der Waals surface area contributed by atoms with Crippen LogP contribution in [-0.4, -0.2) is 56.0 Å². The lowest BCUT2D eigenvalue weighted by Crippen LogP contribution is -2.54. The minimum Gasteiger partial charge on any atom is -0.497 e. The van der Waals surface area contributed by atoms with Gasteiger partial charge in [0, 0.05) is 37.9 Å². The van der Waals surface area contributed by atoms with Crippen molar-refractivity contribution in [3.05, 3.63) is 66.2 Å². The number of ether oxygens (including phenoxy) is 1. The molecule has 3 rings (SSSR count). The van der Waals surface area contributed by atoms with Gasteiger partial charge in [-0.25, -0.2) is 0 Å². The number of hydrogen-bond donors (Lipinski definition) is 1. The van der Waals surface area contributed by atoms with Crippen molar-refractivity contribution >= 4 is 23.6 Å². The zero-order chi connectivity index (χ0) is 20.6. The molecular weight excluding hydrogens is 366 g/mol. The van der Waals surface area contributed by atoms with E-state index in [1.807, 2.05) is 59.5 Å². The molecule has 6 heteroatoms. The predicted molar refractivity (Wildman–Crippen MR) is 115 cm³/mol. The van der Waals surface area contributed by atoms with Crippen molar-refractivity contribution in [3.63, 3.8) is 0 Å². The van der Waals surface area contributed by atoms with E-state index < -0.39 is 6.04 Å². The standard InChI is InChI=1S/C23H27N3O3/c1-18(24-22(27)13-8-19-6-4-3-5-7-19)23(28)26-16-14-25(15-17-26)20-9-11-21(29-2)12-10-20/h3-13,18H,14-17H2,1-2H3,(H,24,27). The molecule has 1 atom stereocenters. The molecule has 2 aromatic carbocycles. The maximum atomic E-state index is 12.7. The normalized spacial score (nSPS) is 15.2. The average Bonchev–Trinajstić information content (AvgIpc) is 2.78. The highest BCUT2D eigenvalue weighted by molar-refractivity contribution is 5.95. The monoisotopic (exact) mass is 393 g/mol. The number of amides is 2. The predicted octanol–water partition coefficient (Wildman–Crippen LogP) is 2.56. The largest absolute Gasteiger partial charge is 0.497 e. The van der Waals surface area contributed by atoms with Gasteiger partial charge >= 0.3 is 0 Å². The first-order chi connectivity index (χ1) is 14.1. The second-order valence-electron chi connectivity index (χ2n) is 6.98. The molecule has 0 spiro atoms. The summed E-state index contributed by atoms with van der Waals surface area (Å²) < 4.78 is 5.19. The SMILES string of the molecule is COc1ccc(N2CCN(C(=O)C(C)NC(=O)C=Cc3ccccc3)CC2)cc1. The fourth-order valence-electron chi connectivity index (χ4n) is 3.31. The number of anilines is 1. The molecule has 0 aromatic heterocycles. The first-order valence-electron chi connectivity index (χ1n) is 9.78. The second kappa shape index (κ2) is 9.78. The highest BCUT2D eigenvalue weighted by atomic mass is 16.5. The smallest absolute Gasteiger partial charge is 0.244 e. The van der Waals surface area contributed by atoms with Crippen LogP contribution < -0.4 is 15.0 Å². The van der Waals surface area contributed by atoms with E-state index in [2.05, 4.69) is 10.2 Å². The third kappa shape index (κ3) is 5.60. The Kier molecular flexibility index (Phi) is 6.89. The maximum absolute atomic E-state index is 12.7. The molecule has 0 bridgehead atoms. The van der Waals surface area contributed by atoms with Crippen molar-refractivity contribution in [1.82, 2.24) is 10.2 Å². The molecule has 1 fully saturated rings. The Morgan fingerprint density at radius 3 is 2.28 bits per heavy atom. The summed E-state index contributed by atoms with van der Waals surface area (Å²) in [5, 5.41) is 2.76. The molecule has 0 radical (unpaired) electrons. The van der Waals surface area contributed by atoms with Gasteiger partial charge in [0.25, 0.3) is 0 Å². The Balaban J connectivity index is 1.47. The van der Waals surface area contributed by atoms with Crippen molar-refractivity contribution < 1.29 is 14.3 Å². The molecule has 1 aliphatic rings. The Morgan fingerprint density at radius 2 is 1.66 bits per heavy atom. The Labute approximate surface area is 171 Å². The van der Waals surface area contributed by atoms with Gasteiger partial charge in [-0.3, -0.25) is 9.59 Å². The fourth-order valence-corrected chi connectivity index (χ4v) is 3.31. The molecule has 1 aliphatic heterocycles. The number of benzene rings is 2. The molecule has 152 valence electrons. The van der Waals surface area contributed by atoms with E-state index in [1.54, 1.807) is 20.1 Å². The molecule has 2 aromatic rings. The minimum absolute atomic E-state index is 0.0548. The van der Waals surface area contributed by atoms with E-state index >= 15 is 0 Å². The van der Waals surface area contributed by atoms with E-state index in [4.69, 9.17) is 4.74 Å². The van der Waals surface area contributed by atoms with Crippen LogP contribution in [-0.2, 0) is 9.59 Å². The van der Waals surface area contributed by atoms with E-state index in [0.29, 0.717) is 13.1 Å². The van der Waals surface area contributed by atoms with Crippen LogP contribution in [0.25, 0.3) is 6.08 Å². The quantitative estimate of drug-likeness (QED) is 0.767. The van der Waals surface area contributed by atoms with Gasteiger partial charge in [-0.05, 0) is 42.8 Å². The van der Waals surface area contributed by atoms with Crippen LogP contribution in [0, 0.1) is 0 Å². The molecule has 1 heterocycles.